The molecule has 7 heteroatoms. The lowest BCUT2D eigenvalue weighted by Gasteiger charge is -2.09. The first-order chi connectivity index (χ1) is 12.5. The molecular formula is C19H20ClNO5. The highest BCUT2D eigenvalue weighted by Gasteiger charge is 2.13. The number of hydrogen-bond acceptors (Lipinski definition) is 5. The third-order valence-corrected chi connectivity index (χ3v) is 3.78. The Morgan fingerprint density at radius 2 is 1.73 bits per heavy atom. The number of halogens is 1. The summed E-state index contributed by atoms with van der Waals surface area (Å²) in [4.78, 5) is 23.9. The van der Waals surface area contributed by atoms with Gasteiger partial charge in [0.25, 0.3) is 5.91 Å². The fraction of sp³-hybridized carbons (Fsp3) is 0.263. The minimum Gasteiger partial charge on any atom is -0.497 e. The molecule has 0 radical (unpaired) electrons. The van der Waals surface area contributed by atoms with Gasteiger partial charge in [-0.1, -0.05) is 23.7 Å². The maximum Gasteiger partial charge on any atom is 0.338 e. The smallest absolute Gasteiger partial charge is 0.338 e. The highest BCUT2D eigenvalue weighted by Crippen LogP contribution is 2.22. The predicted molar refractivity (Wildman–Crippen MR) is 98.0 cm³/mol. The number of nitrogens with one attached hydrogen (secondary N) is 1. The average Bonchev–Trinajstić information content (AvgIpc) is 2.65. The van der Waals surface area contributed by atoms with Crippen LogP contribution in [-0.4, -0.2) is 39.2 Å². The molecule has 0 unspecified atom stereocenters. The number of carbonyl (C=O) groups excluding carboxylic acids is 2. The van der Waals surface area contributed by atoms with Crippen LogP contribution in [0.15, 0.2) is 42.5 Å². The van der Waals surface area contributed by atoms with Gasteiger partial charge in [0.15, 0.2) is 6.61 Å². The quantitative estimate of drug-likeness (QED) is 0.716. The zero-order valence-electron chi connectivity index (χ0n) is 14.6. The van der Waals surface area contributed by atoms with Crippen LogP contribution in [0.3, 0.4) is 0 Å². The van der Waals surface area contributed by atoms with Gasteiger partial charge >= 0.3 is 5.97 Å². The summed E-state index contributed by atoms with van der Waals surface area (Å²) in [5, 5.41) is 3.34. The van der Waals surface area contributed by atoms with Crippen molar-refractivity contribution in [1.82, 2.24) is 5.32 Å². The Hall–Kier alpha value is -2.73. The lowest BCUT2D eigenvalue weighted by molar-refractivity contribution is -0.124. The lowest BCUT2D eigenvalue weighted by Crippen LogP contribution is -2.30. The Bertz CT molecular complexity index is 756. The number of esters is 1. The van der Waals surface area contributed by atoms with Crippen LogP contribution >= 0.6 is 11.6 Å². The topological polar surface area (TPSA) is 73.9 Å². The van der Waals surface area contributed by atoms with Gasteiger partial charge in [-0.15, -0.1) is 0 Å². The molecular weight excluding hydrogens is 358 g/mol. The van der Waals surface area contributed by atoms with Crippen LogP contribution in [0.2, 0.25) is 5.02 Å². The van der Waals surface area contributed by atoms with Crippen LogP contribution in [0.4, 0.5) is 0 Å². The lowest BCUT2D eigenvalue weighted by atomic mass is 10.1. The Morgan fingerprint density at radius 3 is 2.35 bits per heavy atom. The normalized spacial score (nSPS) is 10.1. The van der Waals surface area contributed by atoms with Crippen LogP contribution in [0, 0.1) is 0 Å². The van der Waals surface area contributed by atoms with Crippen LogP contribution in [0.25, 0.3) is 0 Å². The predicted octanol–water partition coefficient (Wildman–Crippen LogP) is 2.87. The van der Waals surface area contributed by atoms with Gasteiger partial charge in [0.1, 0.15) is 11.5 Å². The maximum atomic E-state index is 12.1. The van der Waals surface area contributed by atoms with E-state index in [1.807, 2.05) is 18.2 Å². The summed E-state index contributed by atoms with van der Waals surface area (Å²) in [5.74, 6) is -0.0908. The summed E-state index contributed by atoms with van der Waals surface area (Å²) in [5.41, 5.74) is 1.26. The molecule has 0 saturated carbocycles. The summed E-state index contributed by atoms with van der Waals surface area (Å²) >= 11 is 5.91. The molecule has 26 heavy (non-hydrogen) atoms. The van der Waals surface area contributed by atoms with Gasteiger partial charge in [-0.25, -0.2) is 4.79 Å². The van der Waals surface area contributed by atoms with Crippen molar-refractivity contribution in [2.75, 3.05) is 27.4 Å². The standard InChI is InChI=1S/C19H20ClNO5/c1-24-16-9-14(10-17(11-16)25-2)19(23)26-12-18(22)21-7-6-13-4-3-5-15(20)8-13/h3-5,8-11H,6-7,12H2,1-2H3,(H,21,22). The number of methoxy groups -OCH3 is 2. The second-order valence-corrected chi connectivity index (χ2v) is 5.84. The largest absolute Gasteiger partial charge is 0.497 e. The second kappa shape index (κ2) is 9.68. The van der Waals surface area contributed by atoms with E-state index in [4.69, 9.17) is 25.8 Å². The summed E-state index contributed by atoms with van der Waals surface area (Å²) < 4.78 is 15.2. The first-order valence-corrected chi connectivity index (χ1v) is 8.31. The minimum atomic E-state index is -0.632. The summed E-state index contributed by atoms with van der Waals surface area (Å²) in [6, 6.07) is 12.1. The summed E-state index contributed by atoms with van der Waals surface area (Å²) in [6.07, 6.45) is 0.632. The number of rotatable bonds is 8. The number of benzene rings is 2. The molecule has 0 atom stereocenters. The molecule has 1 N–H and O–H groups in total. The molecule has 0 aliphatic carbocycles. The van der Waals surface area contributed by atoms with Crippen molar-refractivity contribution in [3.8, 4) is 11.5 Å². The van der Waals surface area contributed by atoms with Crippen LogP contribution < -0.4 is 14.8 Å². The van der Waals surface area contributed by atoms with Crippen molar-refractivity contribution >= 4 is 23.5 Å². The van der Waals surface area contributed by atoms with Crippen molar-refractivity contribution < 1.29 is 23.8 Å². The Balaban J connectivity index is 1.80. The fourth-order valence-electron chi connectivity index (χ4n) is 2.23. The molecule has 0 heterocycles. The van der Waals surface area contributed by atoms with E-state index in [9.17, 15) is 9.59 Å². The van der Waals surface area contributed by atoms with Gasteiger partial charge in [0.2, 0.25) is 0 Å². The zero-order chi connectivity index (χ0) is 18.9. The molecule has 6 nitrogen and oxygen atoms in total. The van der Waals surface area contributed by atoms with Crippen LogP contribution in [0.5, 0.6) is 11.5 Å². The molecule has 1 amide bonds. The van der Waals surface area contributed by atoms with Gasteiger partial charge in [0.05, 0.1) is 19.8 Å². The molecule has 0 aliphatic heterocycles. The number of ether oxygens (including phenoxy) is 3. The highest BCUT2D eigenvalue weighted by atomic mass is 35.5. The molecule has 138 valence electrons. The Morgan fingerprint density at radius 1 is 1.04 bits per heavy atom. The van der Waals surface area contributed by atoms with E-state index in [0.29, 0.717) is 29.5 Å². The van der Waals surface area contributed by atoms with E-state index < -0.39 is 5.97 Å². The van der Waals surface area contributed by atoms with Crippen molar-refractivity contribution in [2.24, 2.45) is 0 Å². The molecule has 2 aromatic rings. The van der Waals surface area contributed by atoms with Crippen LogP contribution in [-0.2, 0) is 16.0 Å². The number of carbonyl (C=O) groups is 2. The summed E-state index contributed by atoms with van der Waals surface area (Å²) in [6.45, 7) is 0.0532. The molecule has 2 aromatic carbocycles. The first kappa shape index (κ1) is 19.6. The SMILES string of the molecule is COc1cc(OC)cc(C(=O)OCC(=O)NCCc2cccc(Cl)c2)c1. The fourth-order valence-corrected chi connectivity index (χ4v) is 2.44. The van der Waals surface area contributed by atoms with Crippen molar-refractivity contribution in [1.29, 1.82) is 0 Å². The second-order valence-electron chi connectivity index (χ2n) is 5.41. The maximum absolute atomic E-state index is 12.1. The third kappa shape index (κ3) is 5.97. The molecule has 0 saturated heterocycles. The van der Waals surface area contributed by atoms with Gasteiger partial charge < -0.3 is 19.5 Å². The first-order valence-electron chi connectivity index (χ1n) is 7.93. The molecule has 0 bridgehead atoms. The Kier molecular flexibility index (Phi) is 7.29. The van der Waals surface area contributed by atoms with Crippen molar-refractivity contribution in [3.05, 3.63) is 58.6 Å². The van der Waals surface area contributed by atoms with Gasteiger partial charge in [-0.3, -0.25) is 4.79 Å². The molecule has 0 aromatic heterocycles. The monoisotopic (exact) mass is 377 g/mol. The molecule has 0 fully saturated rings. The van der Waals surface area contributed by atoms with E-state index in [1.165, 1.54) is 26.4 Å². The third-order valence-electron chi connectivity index (χ3n) is 3.55. The van der Waals surface area contributed by atoms with Crippen molar-refractivity contribution in [3.63, 3.8) is 0 Å². The van der Waals surface area contributed by atoms with Crippen molar-refractivity contribution in [2.45, 2.75) is 6.42 Å². The van der Waals surface area contributed by atoms with E-state index in [1.54, 1.807) is 12.1 Å². The van der Waals surface area contributed by atoms with Gasteiger partial charge in [-0.05, 0) is 36.2 Å². The minimum absolute atomic E-state index is 0.243. The number of hydrogen-bond donors (Lipinski definition) is 1. The molecule has 2 rings (SSSR count). The Labute approximate surface area is 157 Å². The van der Waals surface area contributed by atoms with E-state index in [-0.39, 0.29) is 18.1 Å². The summed E-state index contributed by atoms with van der Waals surface area (Å²) in [7, 11) is 2.97. The van der Waals surface area contributed by atoms with E-state index >= 15 is 0 Å². The van der Waals surface area contributed by atoms with Crippen LogP contribution in [0.1, 0.15) is 15.9 Å². The van der Waals surface area contributed by atoms with Gasteiger partial charge in [-0.2, -0.15) is 0 Å². The van der Waals surface area contributed by atoms with E-state index in [2.05, 4.69) is 5.32 Å². The molecule has 0 spiro atoms. The van der Waals surface area contributed by atoms with Gasteiger partial charge in [0, 0.05) is 17.6 Å². The zero-order valence-corrected chi connectivity index (χ0v) is 15.3. The average molecular weight is 378 g/mol. The highest BCUT2D eigenvalue weighted by molar-refractivity contribution is 6.30. The van der Waals surface area contributed by atoms with E-state index in [0.717, 1.165) is 5.56 Å². The molecule has 0 aliphatic rings. The number of amides is 1.